The average molecular weight is 408 g/mol. The number of aryl methyl sites for hydroxylation is 1. The Kier molecular flexibility index (Phi) is 4.59. The SMILES string of the molecule is COc1nn(C)cc1-c1cnc2ccc(Nc3nnc(C4CCCC4)s3)nc2c1. The Balaban J connectivity index is 1.43. The maximum Gasteiger partial charge on any atom is 0.240 e. The summed E-state index contributed by atoms with van der Waals surface area (Å²) in [4.78, 5) is 9.26. The van der Waals surface area contributed by atoms with Gasteiger partial charge in [0.2, 0.25) is 11.0 Å². The number of ether oxygens (including phenoxy) is 1. The van der Waals surface area contributed by atoms with Gasteiger partial charge in [-0.2, -0.15) is 0 Å². The van der Waals surface area contributed by atoms with E-state index in [2.05, 4.69) is 25.6 Å². The van der Waals surface area contributed by atoms with E-state index >= 15 is 0 Å². The Hall–Kier alpha value is -3.07. The summed E-state index contributed by atoms with van der Waals surface area (Å²) in [7, 11) is 3.48. The molecule has 0 radical (unpaired) electrons. The Morgan fingerprint density at radius 1 is 1.17 bits per heavy atom. The zero-order valence-corrected chi connectivity index (χ0v) is 17.1. The Labute approximate surface area is 172 Å². The van der Waals surface area contributed by atoms with Crippen LogP contribution < -0.4 is 10.1 Å². The van der Waals surface area contributed by atoms with Gasteiger partial charge < -0.3 is 10.1 Å². The lowest BCUT2D eigenvalue weighted by molar-refractivity contribution is 0.393. The maximum absolute atomic E-state index is 5.37. The minimum atomic E-state index is 0.564. The standard InChI is InChI=1S/C20H21N7OS/c1-27-11-14(18(26-27)28-2)13-9-16-15(21-10-13)7-8-17(22-16)23-20-25-24-19(29-20)12-5-3-4-6-12/h7-12H,3-6H2,1-2H3,(H,22,23,25). The van der Waals surface area contributed by atoms with Gasteiger partial charge in [0.25, 0.3) is 0 Å². The molecule has 9 heteroatoms. The molecule has 0 bridgehead atoms. The predicted octanol–water partition coefficient (Wildman–Crippen LogP) is 4.29. The number of methoxy groups -OCH3 is 1. The summed E-state index contributed by atoms with van der Waals surface area (Å²) in [5, 5.41) is 18.2. The highest BCUT2D eigenvalue weighted by Crippen LogP contribution is 2.37. The molecule has 0 unspecified atom stereocenters. The van der Waals surface area contributed by atoms with Crippen LogP contribution in [0.4, 0.5) is 10.9 Å². The van der Waals surface area contributed by atoms with Crippen LogP contribution in [0.2, 0.25) is 0 Å². The van der Waals surface area contributed by atoms with Crippen molar-refractivity contribution in [2.75, 3.05) is 12.4 Å². The fourth-order valence-electron chi connectivity index (χ4n) is 3.77. The molecule has 0 aliphatic heterocycles. The highest BCUT2D eigenvalue weighted by molar-refractivity contribution is 7.15. The molecule has 148 valence electrons. The van der Waals surface area contributed by atoms with Gasteiger partial charge in [0.1, 0.15) is 10.8 Å². The molecule has 0 atom stereocenters. The van der Waals surface area contributed by atoms with Crippen molar-refractivity contribution >= 4 is 33.3 Å². The Morgan fingerprint density at radius 2 is 2.03 bits per heavy atom. The molecule has 0 saturated heterocycles. The smallest absolute Gasteiger partial charge is 0.240 e. The van der Waals surface area contributed by atoms with Crippen LogP contribution in [-0.4, -0.2) is 37.1 Å². The van der Waals surface area contributed by atoms with Crippen molar-refractivity contribution in [2.24, 2.45) is 7.05 Å². The first-order chi connectivity index (χ1) is 14.2. The number of nitrogens with zero attached hydrogens (tertiary/aromatic N) is 6. The summed E-state index contributed by atoms with van der Waals surface area (Å²) in [6.45, 7) is 0. The van der Waals surface area contributed by atoms with E-state index in [-0.39, 0.29) is 0 Å². The molecule has 1 fully saturated rings. The predicted molar refractivity (Wildman–Crippen MR) is 113 cm³/mol. The average Bonchev–Trinajstić information content (AvgIpc) is 3.48. The molecule has 1 N–H and O–H groups in total. The second-order valence-corrected chi connectivity index (χ2v) is 8.25. The van der Waals surface area contributed by atoms with Crippen molar-refractivity contribution in [3.63, 3.8) is 0 Å². The van der Waals surface area contributed by atoms with Gasteiger partial charge in [-0.15, -0.1) is 15.3 Å². The van der Waals surface area contributed by atoms with E-state index in [0.717, 1.165) is 38.1 Å². The highest BCUT2D eigenvalue weighted by Gasteiger charge is 2.21. The summed E-state index contributed by atoms with van der Waals surface area (Å²) >= 11 is 1.62. The molecule has 29 heavy (non-hydrogen) atoms. The minimum absolute atomic E-state index is 0.564. The topological polar surface area (TPSA) is 90.6 Å². The van der Waals surface area contributed by atoms with Crippen LogP contribution in [0.3, 0.4) is 0 Å². The van der Waals surface area contributed by atoms with Crippen molar-refractivity contribution in [3.8, 4) is 17.0 Å². The van der Waals surface area contributed by atoms with Gasteiger partial charge in [-0.1, -0.05) is 24.2 Å². The van der Waals surface area contributed by atoms with Gasteiger partial charge in [-0.25, -0.2) is 4.98 Å². The number of nitrogens with one attached hydrogen (secondary N) is 1. The van der Waals surface area contributed by atoms with Crippen LogP contribution >= 0.6 is 11.3 Å². The molecular formula is C20H21N7OS. The van der Waals surface area contributed by atoms with Crippen LogP contribution in [0, 0.1) is 0 Å². The molecule has 0 aromatic carbocycles. The fourth-order valence-corrected chi connectivity index (χ4v) is 4.69. The van der Waals surface area contributed by atoms with Crippen LogP contribution in [0.25, 0.3) is 22.2 Å². The molecule has 8 nitrogen and oxygen atoms in total. The molecule has 4 aromatic heterocycles. The van der Waals surface area contributed by atoms with Gasteiger partial charge in [-0.3, -0.25) is 9.67 Å². The van der Waals surface area contributed by atoms with Gasteiger partial charge in [0, 0.05) is 30.9 Å². The third kappa shape index (κ3) is 3.53. The molecule has 4 aromatic rings. The number of aromatic nitrogens is 6. The first-order valence-corrected chi connectivity index (χ1v) is 10.5. The lowest BCUT2D eigenvalue weighted by Crippen LogP contribution is -1.94. The summed E-state index contributed by atoms with van der Waals surface area (Å²) in [6, 6.07) is 5.86. The molecule has 0 amide bonds. The van der Waals surface area contributed by atoms with Gasteiger partial charge in [0.15, 0.2) is 0 Å². The second kappa shape index (κ2) is 7.40. The van der Waals surface area contributed by atoms with E-state index in [0.29, 0.717) is 11.8 Å². The maximum atomic E-state index is 5.37. The second-order valence-electron chi connectivity index (χ2n) is 7.24. The van der Waals surface area contributed by atoms with Crippen molar-refractivity contribution in [1.82, 2.24) is 29.9 Å². The number of anilines is 2. The zero-order valence-electron chi connectivity index (χ0n) is 16.3. The van der Waals surface area contributed by atoms with Crippen molar-refractivity contribution in [3.05, 3.63) is 35.6 Å². The van der Waals surface area contributed by atoms with Crippen molar-refractivity contribution < 1.29 is 4.74 Å². The van der Waals surface area contributed by atoms with Gasteiger partial charge in [0.05, 0.1) is 23.7 Å². The molecule has 1 aliphatic carbocycles. The van der Waals surface area contributed by atoms with Gasteiger partial charge in [-0.05, 0) is 31.0 Å². The first-order valence-electron chi connectivity index (χ1n) is 9.65. The summed E-state index contributed by atoms with van der Waals surface area (Å²) in [5.41, 5.74) is 3.41. The number of hydrogen-bond acceptors (Lipinski definition) is 8. The quantitative estimate of drug-likeness (QED) is 0.528. The van der Waals surface area contributed by atoms with Crippen LogP contribution in [0.15, 0.2) is 30.6 Å². The fraction of sp³-hybridized carbons (Fsp3) is 0.350. The monoisotopic (exact) mass is 407 g/mol. The number of hydrogen-bond donors (Lipinski definition) is 1. The summed E-state index contributed by atoms with van der Waals surface area (Å²) in [5.74, 6) is 1.86. The van der Waals surface area contributed by atoms with E-state index in [1.54, 1.807) is 23.1 Å². The molecule has 1 aliphatic rings. The summed E-state index contributed by atoms with van der Waals surface area (Å²) < 4.78 is 7.10. The van der Waals surface area contributed by atoms with Crippen LogP contribution in [0.5, 0.6) is 5.88 Å². The molecule has 0 spiro atoms. The zero-order chi connectivity index (χ0) is 19.8. The number of pyridine rings is 2. The van der Waals surface area contributed by atoms with E-state index in [1.807, 2.05) is 37.6 Å². The third-order valence-corrected chi connectivity index (χ3v) is 6.22. The molecular weight excluding hydrogens is 386 g/mol. The number of fused-ring (bicyclic) bond motifs is 1. The lowest BCUT2D eigenvalue weighted by atomic mass is 10.1. The minimum Gasteiger partial charge on any atom is -0.479 e. The third-order valence-electron chi connectivity index (χ3n) is 5.22. The molecule has 5 rings (SSSR count). The first kappa shape index (κ1) is 18.0. The van der Waals surface area contributed by atoms with E-state index in [1.165, 1.54) is 25.7 Å². The van der Waals surface area contributed by atoms with Crippen molar-refractivity contribution in [2.45, 2.75) is 31.6 Å². The molecule has 1 saturated carbocycles. The Bertz CT molecular complexity index is 1160. The van der Waals surface area contributed by atoms with E-state index < -0.39 is 0 Å². The lowest BCUT2D eigenvalue weighted by Gasteiger charge is -2.05. The molecule has 4 heterocycles. The highest BCUT2D eigenvalue weighted by atomic mass is 32.1. The van der Waals surface area contributed by atoms with Crippen LogP contribution in [-0.2, 0) is 7.05 Å². The summed E-state index contributed by atoms with van der Waals surface area (Å²) in [6.07, 6.45) is 8.74. The van der Waals surface area contributed by atoms with Crippen molar-refractivity contribution in [1.29, 1.82) is 0 Å². The number of rotatable bonds is 5. The normalized spacial score (nSPS) is 14.6. The Morgan fingerprint density at radius 3 is 2.86 bits per heavy atom. The van der Waals surface area contributed by atoms with E-state index in [4.69, 9.17) is 9.72 Å². The van der Waals surface area contributed by atoms with E-state index in [9.17, 15) is 0 Å². The van der Waals surface area contributed by atoms with Crippen LogP contribution in [0.1, 0.15) is 36.6 Å². The largest absolute Gasteiger partial charge is 0.479 e. The van der Waals surface area contributed by atoms with Gasteiger partial charge >= 0.3 is 0 Å².